The molecule has 98 valence electrons. The summed E-state index contributed by atoms with van der Waals surface area (Å²) in [7, 11) is 0. The molecule has 19 heavy (non-hydrogen) atoms. The molecule has 0 aliphatic heterocycles. The molecular formula is C14H14FN3O. The number of aromatic nitrogens is 1. The van der Waals surface area contributed by atoms with Crippen molar-refractivity contribution in [1.29, 1.82) is 0 Å². The number of amides is 1. The molecule has 0 saturated carbocycles. The van der Waals surface area contributed by atoms with E-state index in [1.807, 2.05) is 12.1 Å². The Bertz CT molecular complexity index is 572. The lowest BCUT2D eigenvalue weighted by atomic mass is 10.1. The lowest BCUT2D eigenvalue weighted by Crippen LogP contribution is -2.12. The number of nitrogens with one attached hydrogen (secondary N) is 1. The molecule has 3 N–H and O–H groups in total. The highest BCUT2D eigenvalue weighted by molar-refractivity contribution is 5.91. The number of carbonyl (C=O) groups is 1. The van der Waals surface area contributed by atoms with Crippen molar-refractivity contribution in [2.75, 3.05) is 11.1 Å². The fraction of sp³-hybridized carbons (Fsp3) is 0.143. The van der Waals surface area contributed by atoms with Crippen LogP contribution in [0.15, 0.2) is 42.7 Å². The Balaban J connectivity index is 1.89. The van der Waals surface area contributed by atoms with Crippen LogP contribution in [0.25, 0.3) is 0 Å². The Kier molecular flexibility index (Phi) is 4.07. The van der Waals surface area contributed by atoms with Crippen LogP contribution >= 0.6 is 0 Å². The molecular weight excluding hydrogens is 245 g/mol. The number of halogens is 1. The average Bonchev–Trinajstić information content (AvgIpc) is 2.42. The number of benzene rings is 1. The monoisotopic (exact) mass is 259 g/mol. The van der Waals surface area contributed by atoms with Crippen LogP contribution in [-0.4, -0.2) is 10.9 Å². The molecule has 1 heterocycles. The van der Waals surface area contributed by atoms with E-state index >= 15 is 0 Å². The summed E-state index contributed by atoms with van der Waals surface area (Å²) in [5.74, 6) is -0.636. The number of hydrogen-bond donors (Lipinski definition) is 2. The number of hydrogen-bond acceptors (Lipinski definition) is 3. The van der Waals surface area contributed by atoms with Gasteiger partial charge in [0, 0.05) is 24.5 Å². The zero-order chi connectivity index (χ0) is 13.7. The molecule has 0 bridgehead atoms. The average molecular weight is 259 g/mol. The molecule has 1 aromatic carbocycles. The van der Waals surface area contributed by atoms with Gasteiger partial charge in [-0.05, 0) is 36.2 Å². The van der Waals surface area contributed by atoms with E-state index in [1.165, 1.54) is 18.2 Å². The smallest absolute Gasteiger partial charge is 0.224 e. The summed E-state index contributed by atoms with van der Waals surface area (Å²) in [5, 5.41) is 2.67. The molecule has 0 aliphatic carbocycles. The molecule has 5 heteroatoms. The maximum Gasteiger partial charge on any atom is 0.224 e. The summed E-state index contributed by atoms with van der Waals surface area (Å²) in [6.45, 7) is 0. The summed E-state index contributed by atoms with van der Waals surface area (Å²) in [5.41, 5.74) is 6.94. The van der Waals surface area contributed by atoms with Crippen LogP contribution in [0, 0.1) is 5.82 Å². The molecule has 2 aromatic rings. The Morgan fingerprint density at radius 1 is 1.37 bits per heavy atom. The summed E-state index contributed by atoms with van der Waals surface area (Å²) >= 11 is 0. The van der Waals surface area contributed by atoms with Crippen molar-refractivity contribution in [3.05, 3.63) is 54.1 Å². The van der Waals surface area contributed by atoms with Crippen molar-refractivity contribution in [2.45, 2.75) is 12.8 Å². The van der Waals surface area contributed by atoms with Crippen LogP contribution in [0.2, 0.25) is 0 Å². The molecule has 1 aromatic heterocycles. The van der Waals surface area contributed by atoms with Gasteiger partial charge in [-0.2, -0.15) is 0 Å². The molecule has 1 amide bonds. The normalized spacial score (nSPS) is 10.2. The van der Waals surface area contributed by atoms with Gasteiger partial charge in [-0.15, -0.1) is 0 Å². The SMILES string of the molecule is Nc1cc(NC(=O)CCc2cccnc2)ccc1F. The van der Waals surface area contributed by atoms with Crippen molar-refractivity contribution in [2.24, 2.45) is 0 Å². The van der Waals surface area contributed by atoms with Crippen LogP contribution in [0.5, 0.6) is 0 Å². The molecule has 0 radical (unpaired) electrons. The highest BCUT2D eigenvalue weighted by atomic mass is 19.1. The van der Waals surface area contributed by atoms with Gasteiger partial charge < -0.3 is 11.1 Å². The summed E-state index contributed by atoms with van der Waals surface area (Å²) in [4.78, 5) is 15.7. The second kappa shape index (κ2) is 5.95. The van der Waals surface area contributed by atoms with Crippen LogP contribution in [0.3, 0.4) is 0 Å². The van der Waals surface area contributed by atoms with Crippen molar-refractivity contribution in [3.63, 3.8) is 0 Å². The van der Waals surface area contributed by atoms with E-state index in [9.17, 15) is 9.18 Å². The first-order valence-corrected chi connectivity index (χ1v) is 5.89. The minimum absolute atomic E-state index is 0.0186. The van der Waals surface area contributed by atoms with Crippen LogP contribution in [0.1, 0.15) is 12.0 Å². The third-order valence-corrected chi connectivity index (χ3v) is 2.64. The van der Waals surface area contributed by atoms with Crippen molar-refractivity contribution in [3.8, 4) is 0 Å². The molecule has 0 spiro atoms. The summed E-state index contributed by atoms with van der Waals surface area (Å²) in [6.07, 6.45) is 4.35. The second-order valence-electron chi connectivity index (χ2n) is 4.15. The van der Waals surface area contributed by atoms with Gasteiger partial charge in [-0.1, -0.05) is 6.07 Å². The number of nitrogens with zero attached hydrogens (tertiary/aromatic N) is 1. The summed E-state index contributed by atoms with van der Waals surface area (Å²) in [6, 6.07) is 7.85. The highest BCUT2D eigenvalue weighted by Crippen LogP contribution is 2.16. The van der Waals surface area contributed by atoms with Gasteiger partial charge in [0.05, 0.1) is 5.69 Å². The third-order valence-electron chi connectivity index (χ3n) is 2.64. The molecule has 0 atom stereocenters. The predicted molar refractivity (Wildman–Crippen MR) is 72.0 cm³/mol. The maximum absolute atomic E-state index is 13.0. The third kappa shape index (κ3) is 3.77. The van der Waals surface area contributed by atoms with Crippen LogP contribution < -0.4 is 11.1 Å². The first kappa shape index (κ1) is 13.0. The molecule has 0 saturated heterocycles. The molecule has 0 aliphatic rings. The standard InChI is InChI=1S/C14H14FN3O/c15-12-5-4-11(8-13(12)16)18-14(19)6-3-10-2-1-7-17-9-10/h1-2,4-5,7-9H,3,6,16H2,(H,18,19). The van der Waals surface area contributed by atoms with Crippen LogP contribution in [0.4, 0.5) is 15.8 Å². The van der Waals surface area contributed by atoms with E-state index in [-0.39, 0.29) is 11.6 Å². The second-order valence-corrected chi connectivity index (χ2v) is 4.15. The van der Waals surface area contributed by atoms with Crippen molar-refractivity contribution < 1.29 is 9.18 Å². The largest absolute Gasteiger partial charge is 0.396 e. The summed E-state index contributed by atoms with van der Waals surface area (Å²) < 4.78 is 13.0. The van der Waals surface area contributed by atoms with Crippen molar-refractivity contribution in [1.82, 2.24) is 4.98 Å². The number of nitrogens with two attached hydrogens (primary N) is 1. The Morgan fingerprint density at radius 3 is 2.89 bits per heavy atom. The molecule has 2 rings (SSSR count). The number of carbonyl (C=O) groups excluding carboxylic acids is 1. The fourth-order valence-electron chi connectivity index (χ4n) is 1.65. The van der Waals surface area contributed by atoms with E-state index in [2.05, 4.69) is 10.3 Å². The molecule has 4 nitrogen and oxygen atoms in total. The first-order chi connectivity index (χ1) is 9.15. The Labute approximate surface area is 110 Å². The lowest BCUT2D eigenvalue weighted by molar-refractivity contribution is -0.116. The van der Waals surface area contributed by atoms with Crippen molar-refractivity contribution >= 4 is 17.3 Å². The Morgan fingerprint density at radius 2 is 2.21 bits per heavy atom. The zero-order valence-electron chi connectivity index (χ0n) is 10.3. The van der Waals surface area contributed by atoms with E-state index < -0.39 is 5.82 Å². The minimum atomic E-state index is -0.492. The number of aryl methyl sites for hydroxylation is 1. The first-order valence-electron chi connectivity index (χ1n) is 5.89. The molecule has 0 fully saturated rings. The number of nitrogen functional groups attached to an aromatic ring is 1. The van der Waals surface area contributed by atoms with Gasteiger partial charge >= 0.3 is 0 Å². The molecule has 0 unspecified atom stereocenters. The minimum Gasteiger partial charge on any atom is -0.396 e. The van der Waals surface area contributed by atoms with Gasteiger partial charge in [0.25, 0.3) is 0 Å². The van der Waals surface area contributed by atoms with Gasteiger partial charge in [-0.25, -0.2) is 4.39 Å². The number of pyridine rings is 1. The van der Waals surface area contributed by atoms with Gasteiger partial charge in [0.2, 0.25) is 5.91 Å². The number of anilines is 2. The predicted octanol–water partition coefficient (Wildman–Crippen LogP) is 2.37. The van der Waals surface area contributed by atoms with Gasteiger partial charge in [0.1, 0.15) is 5.82 Å². The quantitative estimate of drug-likeness (QED) is 0.828. The fourth-order valence-corrected chi connectivity index (χ4v) is 1.65. The van der Waals surface area contributed by atoms with Gasteiger partial charge in [-0.3, -0.25) is 9.78 Å². The van der Waals surface area contributed by atoms with E-state index in [4.69, 9.17) is 5.73 Å². The highest BCUT2D eigenvalue weighted by Gasteiger charge is 2.05. The topological polar surface area (TPSA) is 68.0 Å². The Hall–Kier alpha value is -2.43. The number of rotatable bonds is 4. The van der Waals surface area contributed by atoms with E-state index in [0.717, 1.165) is 5.56 Å². The van der Waals surface area contributed by atoms with Crippen LogP contribution in [-0.2, 0) is 11.2 Å². The van der Waals surface area contributed by atoms with E-state index in [1.54, 1.807) is 12.4 Å². The lowest BCUT2D eigenvalue weighted by Gasteiger charge is -2.06. The van der Waals surface area contributed by atoms with E-state index in [0.29, 0.717) is 18.5 Å². The maximum atomic E-state index is 13.0. The van der Waals surface area contributed by atoms with Gasteiger partial charge in [0.15, 0.2) is 0 Å². The zero-order valence-corrected chi connectivity index (χ0v) is 10.3.